The Bertz CT molecular complexity index is 406. The van der Waals surface area contributed by atoms with Gasteiger partial charge in [-0.1, -0.05) is 30.8 Å². The molecular weight excluding hydrogens is 220 g/mol. The molecule has 0 saturated heterocycles. The maximum atomic E-state index is 10.8. The average molecular weight is 234 g/mol. The van der Waals surface area contributed by atoms with E-state index in [1.54, 1.807) is 0 Å². The first-order chi connectivity index (χ1) is 8.11. The van der Waals surface area contributed by atoms with E-state index in [0.29, 0.717) is 6.42 Å². The average Bonchev–Trinajstić information content (AvgIpc) is 2.34. The Morgan fingerprint density at radius 2 is 1.82 bits per heavy atom. The van der Waals surface area contributed by atoms with Gasteiger partial charge in [-0.25, -0.2) is 4.79 Å². The number of carboxylic acid groups (broad SMARTS) is 1. The van der Waals surface area contributed by atoms with Crippen molar-refractivity contribution in [3.63, 3.8) is 0 Å². The SMILES string of the molecule is C=CC(=O)OCc1ccc(CCC(=O)O)cc1. The number of carboxylic acids is 1. The molecule has 0 radical (unpaired) electrons. The summed E-state index contributed by atoms with van der Waals surface area (Å²) in [4.78, 5) is 21.2. The zero-order chi connectivity index (χ0) is 12.7. The van der Waals surface area contributed by atoms with Gasteiger partial charge in [0.15, 0.2) is 0 Å². The normalized spacial score (nSPS) is 9.65. The fraction of sp³-hybridized carbons (Fsp3) is 0.231. The van der Waals surface area contributed by atoms with Crippen molar-refractivity contribution in [1.82, 2.24) is 0 Å². The Labute approximate surface area is 99.5 Å². The molecule has 0 aliphatic carbocycles. The van der Waals surface area contributed by atoms with E-state index in [-0.39, 0.29) is 13.0 Å². The van der Waals surface area contributed by atoms with E-state index in [1.807, 2.05) is 24.3 Å². The lowest BCUT2D eigenvalue weighted by molar-refractivity contribution is -0.139. The number of ether oxygens (including phenoxy) is 1. The van der Waals surface area contributed by atoms with Crippen LogP contribution in [0.25, 0.3) is 0 Å². The van der Waals surface area contributed by atoms with Gasteiger partial charge in [-0.15, -0.1) is 0 Å². The standard InChI is InChI=1S/C13H14O4/c1-2-13(16)17-9-11-5-3-10(4-6-11)7-8-12(14)15/h2-6H,1,7-9H2,(H,14,15). The first-order valence-electron chi connectivity index (χ1n) is 5.20. The molecule has 1 aromatic carbocycles. The summed E-state index contributed by atoms with van der Waals surface area (Å²) in [7, 11) is 0. The zero-order valence-electron chi connectivity index (χ0n) is 9.39. The molecule has 4 nitrogen and oxygen atoms in total. The molecule has 0 heterocycles. The van der Waals surface area contributed by atoms with Crippen molar-refractivity contribution in [2.75, 3.05) is 0 Å². The summed E-state index contributed by atoms with van der Waals surface area (Å²) in [6, 6.07) is 7.29. The van der Waals surface area contributed by atoms with Crippen LogP contribution in [0.2, 0.25) is 0 Å². The van der Waals surface area contributed by atoms with Crippen LogP contribution in [0, 0.1) is 0 Å². The number of aryl methyl sites for hydroxylation is 1. The number of hydrogen-bond acceptors (Lipinski definition) is 3. The Morgan fingerprint density at radius 1 is 1.24 bits per heavy atom. The molecule has 0 aliphatic heterocycles. The molecule has 0 unspecified atom stereocenters. The Morgan fingerprint density at radius 3 is 2.35 bits per heavy atom. The highest BCUT2D eigenvalue weighted by molar-refractivity contribution is 5.81. The van der Waals surface area contributed by atoms with Crippen LogP contribution in [0.5, 0.6) is 0 Å². The van der Waals surface area contributed by atoms with E-state index in [2.05, 4.69) is 6.58 Å². The molecule has 1 aromatic rings. The van der Waals surface area contributed by atoms with E-state index >= 15 is 0 Å². The number of benzene rings is 1. The van der Waals surface area contributed by atoms with Gasteiger partial charge in [0.05, 0.1) is 0 Å². The van der Waals surface area contributed by atoms with Crippen LogP contribution in [-0.4, -0.2) is 17.0 Å². The molecule has 1 N–H and O–H groups in total. The first kappa shape index (κ1) is 13.0. The molecule has 0 atom stereocenters. The van der Waals surface area contributed by atoms with Crippen molar-refractivity contribution < 1.29 is 19.4 Å². The molecule has 17 heavy (non-hydrogen) atoms. The number of hydrogen-bond donors (Lipinski definition) is 1. The molecule has 0 bridgehead atoms. The number of rotatable bonds is 6. The smallest absolute Gasteiger partial charge is 0.330 e. The molecule has 0 aliphatic rings. The number of carbonyl (C=O) groups is 2. The predicted molar refractivity (Wildman–Crippen MR) is 62.4 cm³/mol. The summed E-state index contributed by atoms with van der Waals surface area (Å²) >= 11 is 0. The quantitative estimate of drug-likeness (QED) is 0.603. The third-order valence-corrected chi connectivity index (χ3v) is 2.20. The third-order valence-electron chi connectivity index (χ3n) is 2.20. The fourth-order valence-electron chi connectivity index (χ4n) is 1.27. The van der Waals surface area contributed by atoms with Crippen molar-refractivity contribution in [2.24, 2.45) is 0 Å². The minimum absolute atomic E-state index is 0.116. The second-order valence-electron chi connectivity index (χ2n) is 3.52. The van der Waals surface area contributed by atoms with Crippen LogP contribution in [0.3, 0.4) is 0 Å². The molecule has 0 fully saturated rings. The van der Waals surface area contributed by atoms with Crippen LogP contribution in [-0.2, 0) is 27.4 Å². The first-order valence-corrected chi connectivity index (χ1v) is 5.20. The summed E-state index contributed by atoms with van der Waals surface area (Å²) in [6.45, 7) is 3.50. The predicted octanol–water partition coefficient (Wildman–Crippen LogP) is 1.93. The number of esters is 1. The largest absolute Gasteiger partial charge is 0.481 e. The van der Waals surface area contributed by atoms with Gasteiger partial charge >= 0.3 is 11.9 Å². The Kier molecular flexibility index (Phi) is 4.94. The molecule has 4 heteroatoms. The topological polar surface area (TPSA) is 63.6 Å². The van der Waals surface area contributed by atoms with Gasteiger partial charge in [0.2, 0.25) is 0 Å². The Hall–Kier alpha value is -2.10. The molecule has 0 amide bonds. The van der Waals surface area contributed by atoms with Crippen LogP contribution < -0.4 is 0 Å². The second-order valence-corrected chi connectivity index (χ2v) is 3.52. The van der Waals surface area contributed by atoms with E-state index in [4.69, 9.17) is 9.84 Å². The molecule has 90 valence electrons. The van der Waals surface area contributed by atoms with Crippen molar-refractivity contribution >= 4 is 11.9 Å². The molecule has 0 saturated carbocycles. The monoisotopic (exact) mass is 234 g/mol. The second kappa shape index (κ2) is 6.48. The van der Waals surface area contributed by atoms with Gasteiger partial charge in [-0.2, -0.15) is 0 Å². The summed E-state index contributed by atoms with van der Waals surface area (Å²) < 4.78 is 4.86. The lowest BCUT2D eigenvalue weighted by Crippen LogP contribution is -2.01. The van der Waals surface area contributed by atoms with E-state index in [1.165, 1.54) is 0 Å². The molecule has 0 aromatic heterocycles. The van der Waals surface area contributed by atoms with Crippen LogP contribution >= 0.6 is 0 Å². The summed E-state index contributed by atoms with van der Waals surface area (Å²) in [5.41, 5.74) is 1.81. The van der Waals surface area contributed by atoms with Crippen molar-refractivity contribution in [3.05, 3.63) is 48.0 Å². The summed E-state index contributed by atoms with van der Waals surface area (Å²) in [6.07, 6.45) is 1.73. The van der Waals surface area contributed by atoms with Crippen LogP contribution in [0.1, 0.15) is 17.5 Å². The fourth-order valence-corrected chi connectivity index (χ4v) is 1.27. The maximum Gasteiger partial charge on any atom is 0.330 e. The van der Waals surface area contributed by atoms with Gasteiger partial charge in [-0.05, 0) is 17.5 Å². The van der Waals surface area contributed by atoms with E-state index < -0.39 is 11.9 Å². The molecule has 1 rings (SSSR count). The molecular formula is C13H14O4. The van der Waals surface area contributed by atoms with Gasteiger partial charge in [-0.3, -0.25) is 4.79 Å². The van der Waals surface area contributed by atoms with Crippen molar-refractivity contribution in [2.45, 2.75) is 19.4 Å². The number of carbonyl (C=O) groups excluding carboxylic acids is 1. The van der Waals surface area contributed by atoms with Gasteiger partial charge in [0.25, 0.3) is 0 Å². The van der Waals surface area contributed by atoms with E-state index in [0.717, 1.165) is 17.2 Å². The third kappa shape index (κ3) is 4.97. The summed E-state index contributed by atoms with van der Waals surface area (Å²) in [5, 5.41) is 8.53. The van der Waals surface area contributed by atoms with Gasteiger partial charge < -0.3 is 9.84 Å². The zero-order valence-corrected chi connectivity index (χ0v) is 9.39. The number of aliphatic carboxylic acids is 1. The van der Waals surface area contributed by atoms with Gasteiger partial charge in [0.1, 0.15) is 6.61 Å². The van der Waals surface area contributed by atoms with E-state index in [9.17, 15) is 9.59 Å². The lowest BCUT2D eigenvalue weighted by Gasteiger charge is -2.03. The minimum Gasteiger partial charge on any atom is -0.481 e. The van der Waals surface area contributed by atoms with Crippen LogP contribution in [0.15, 0.2) is 36.9 Å². The summed E-state index contributed by atoms with van der Waals surface area (Å²) in [5.74, 6) is -1.27. The molecule has 0 spiro atoms. The Balaban J connectivity index is 2.47. The highest BCUT2D eigenvalue weighted by Gasteiger charge is 2.01. The minimum atomic E-state index is -0.811. The van der Waals surface area contributed by atoms with Crippen molar-refractivity contribution in [3.8, 4) is 0 Å². The highest BCUT2D eigenvalue weighted by atomic mass is 16.5. The lowest BCUT2D eigenvalue weighted by atomic mass is 10.1. The van der Waals surface area contributed by atoms with Gasteiger partial charge in [0, 0.05) is 12.5 Å². The highest BCUT2D eigenvalue weighted by Crippen LogP contribution is 2.08. The maximum absolute atomic E-state index is 10.8. The van der Waals surface area contributed by atoms with Crippen molar-refractivity contribution in [1.29, 1.82) is 0 Å². The van der Waals surface area contributed by atoms with Crippen LogP contribution in [0.4, 0.5) is 0 Å².